The van der Waals surface area contributed by atoms with Gasteiger partial charge in [0, 0.05) is 35.8 Å². The monoisotopic (exact) mass is 460 g/mol. The molecular weight excluding hydrogens is 428 g/mol. The highest BCUT2D eigenvalue weighted by molar-refractivity contribution is 5.87. The Morgan fingerprint density at radius 3 is 2.20 bits per heavy atom. The van der Waals surface area contributed by atoms with Crippen molar-refractivity contribution in [1.29, 1.82) is 0 Å². The normalized spacial score (nSPS) is 11.4. The van der Waals surface area contributed by atoms with E-state index in [1.165, 1.54) is 33.4 Å². The molecule has 0 aliphatic heterocycles. The number of phenolic OH excluding ortho intramolecular Hbond substituents is 1. The smallest absolute Gasteiger partial charge is 0.120 e. The van der Waals surface area contributed by atoms with Crippen molar-refractivity contribution < 1.29 is 5.11 Å². The summed E-state index contributed by atoms with van der Waals surface area (Å²) in [5.74, 6) is 0.361. The average Bonchev–Trinajstić information content (AvgIpc) is 3.17. The Bertz CT molecular complexity index is 1450. The fourth-order valence-electron chi connectivity index (χ4n) is 4.97. The highest BCUT2D eigenvalue weighted by Crippen LogP contribution is 2.33. The first-order valence-corrected chi connectivity index (χ1v) is 12.2. The van der Waals surface area contributed by atoms with Gasteiger partial charge >= 0.3 is 0 Å². The molecule has 5 aromatic rings. The Balaban J connectivity index is 1.59. The van der Waals surface area contributed by atoms with E-state index in [9.17, 15) is 5.11 Å². The minimum absolute atomic E-state index is 0.361. The lowest BCUT2D eigenvalue weighted by Gasteiger charge is -2.13. The maximum absolute atomic E-state index is 10.9. The van der Waals surface area contributed by atoms with E-state index in [-0.39, 0.29) is 0 Å². The number of rotatable bonds is 7. The van der Waals surface area contributed by atoms with Crippen LogP contribution in [0.4, 0.5) is 0 Å². The third-order valence-corrected chi connectivity index (χ3v) is 6.76. The Morgan fingerprint density at radius 1 is 0.771 bits per heavy atom. The molecule has 4 aromatic carbocycles. The van der Waals surface area contributed by atoms with Crippen LogP contribution >= 0.6 is 0 Å². The maximum atomic E-state index is 10.9. The van der Waals surface area contributed by atoms with Crippen LogP contribution in [0.3, 0.4) is 0 Å². The molecule has 1 N–H and O–H groups in total. The predicted octanol–water partition coefficient (Wildman–Crippen LogP) is 7.02. The van der Waals surface area contributed by atoms with Crippen molar-refractivity contribution >= 4 is 10.9 Å². The molecule has 0 unspecified atom stereocenters. The van der Waals surface area contributed by atoms with E-state index in [0.29, 0.717) is 12.3 Å². The second-order valence-corrected chi connectivity index (χ2v) is 9.64. The summed E-state index contributed by atoms with van der Waals surface area (Å²) in [7, 11) is 4.06. The summed E-state index contributed by atoms with van der Waals surface area (Å²) in [5.41, 5.74) is 9.73. The van der Waals surface area contributed by atoms with E-state index < -0.39 is 0 Å². The van der Waals surface area contributed by atoms with Gasteiger partial charge in [-0.2, -0.15) is 0 Å². The molecule has 5 rings (SSSR count). The standard InChI is InChI=1S/C32H32N2O/c1-23-26(15-10-16-29(23)25-13-8-5-9-14-25)17-27-22-34(20-24-11-6-4-7-12-24)31-18-28(21-33(2)3)32(35)19-30(27)31/h4-16,18-19,22,35H,17,20-21H2,1-3H3. The largest absolute Gasteiger partial charge is 0.508 e. The summed E-state index contributed by atoms with van der Waals surface area (Å²) in [4.78, 5) is 2.09. The maximum Gasteiger partial charge on any atom is 0.120 e. The molecule has 0 radical (unpaired) electrons. The van der Waals surface area contributed by atoms with Crippen LogP contribution in [-0.2, 0) is 19.5 Å². The van der Waals surface area contributed by atoms with Crippen LogP contribution < -0.4 is 0 Å². The molecule has 3 nitrogen and oxygen atoms in total. The number of phenols is 1. The second kappa shape index (κ2) is 9.81. The van der Waals surface area contributed by atoms with Gasteiger partial charge in [-0.1, -0.05) is 78.9 Å². The zero-order chi connectivity index (χ0) is 24.4. The van der Waals surface area contributed by atoms with Gasteiger partial charge in [0.15, 0.2) is 0 Å². The third-order valence-electron chi connectivity index (χ3n) is 6.76. The number of benzene rings is 4. The number of hydrogen-bond donors (Lipinski definition) is 1. The van der Waals surface area contributed by atoms with Gasteiger partial charge in [-0.05, 0) is 73.0 Å². The minimum Gasteiger partial charge on any atom is -0.508 e. The van der Waals surface area contributed by atoms with Gasteiger partial charge in [0.1, 0.15) is 5.75 Å². The number of nitrogens with zero attached hydrogens (tertiary/aromatic N) is 2. The molecule has 3 heteroatoms. The van der Waals surface area contributed by atoms with Crippen molar-refractivity contribution in [3.05, 3.63) is 125 Å². The van der Waals surface area contributed by atoms with E-state index in [4.69, 9.17) is 0 Å². The fraction of sp³-hybridized carbons (Fsp3) is 0.188. The van der Waals surface area contributed by atoms with E-state index in [1.807, 2.05) is 20.2 Å². The molecule has 0 atom stereocenters. The first-order valence-electron chi connectivity index (χ1n) is 12.2. The molecule has 176 valence electrons. The van der Waals surface area contributed by atoms with Crippen molar-refractivity contribution in [1.82, 2.24) is 9.47 Å². The van der Waals surface area contributed by atoms with Gasteiger partial charge in [-0.15, -0.1) is 0 Å². The molecule has 0 saturated heterocycles. The summed E-state index contributed by atoms with van der Waals surface area (Å²) >= 11 is 0. The van der Waals surface area contributed by atoms with E-state index in [1.54, 1.807) is 0 Å². The lowest BCUT2D eigenvalue weighted by atomic mass is 9.93. The van der Waals surface area contributed by atoms with Crippen molar-refractivity contribution in [3.8, 4) is 16.9 Å². The SMILES string of the molecule is Cc1c(Cc2cn(Cc3ccccc3)c3cc(CN(C)C)c(O)cc23)cccc1-c1ccccc1. The summed E-state index contributed by atoms with van der Waals surface area (Å²) in [5, 5.41) is 12.0. The first-order chi connectivity index (χ1) is 17.0. The van der Waals surface area contributed by atoms with Crippen molar-refractivity contribution in [2.45, 2.75) is 26.4 Å². The Hall–Kier alpha value is -3.82. The lowest BCUT2D eigenvalue weighted by molar-refractivity contribution is 0.386. The molecule has 0 aliphatic rings. The topological polar surface area (TPSA) is 28.4 Å². The molecule has 0 spiro atoms. The average molecular weight is 461 g/mol. The van der Waals surface area contributed by atoms with Crippen LogP contribution in [0.1, 0.15) is 27.8 Å². The highest BCUT2D eigenvalue weighted by atomic mass is 16.3. The molecule has 0 bridgehead atoms. The van der Waals surface area contributed by atoms with E-state index >= 15 is 0 Å². The van der Waals surface area contributed by atoms with Crippen LogP contribution in [0.2, 0.25) is 0 Å². The van der Waals surface area contributed by atoms with Gasteiger partial charge in [-0.25, -0.2) is 0 Å². The van der Waals surface area contributed by atoms with Crippen molar-refractivity contribution in [3.63, 3.8) is 0 Å². The van der Waals surface area contributed by atoms with Crippen molar-refractivity contribution in [2.24, 2.45) is 0 Å². The van der Waals surface area contributed by atoms with Gasteiger partial charge in [0.2, 0.25) is 0 Å². The summed E-state index contributed by atoms with van der Waals surface area (Å²) < 4.78 is 2.33. The van der Waals surface area contributed by atoms with Gasteiger partial charge < -0.3 is 14.6 Å². The number of aromatic hydroxyl groups is 1. The highest BCUT2D eigenvalue weighted by Gasteiger charge is 2.16. The zero-order valence-electron chi connectivity index (χ0n) is 20.7. The molecule has 1 aromatic heterocycles. The Kier molecular flexibility index (Phi) is 6.43. The first kappa shape index (κ1) is 22.9. The summed E-state index contributed by atoms with van der Waals surface area (Å²) in [6.07, 6.45) is 3.09. The van der Waals surface area contributed by atoms with E-state index in [0.717, 1.165) is 29.4 Å². The molecule has 0 saturated carbocycles. The molecule has 0 fully saturated rings. The van der Waals surface area contributed by atoms with E-state index in [2.05, 4.69) is 108 Å². The van der Waals surface area contributed by atoms with Crippen molar-refractivity contribution in [2.75, 3.05) is 14.1 Å². The zero-order valence-corrected chi connectivity index (χ0v) is 20.7. The van der Waals surface area contributed by atoms with Crippen LogP contribution in [0.25, 0.3) is 22.0 Å². The van der Waals surface area contributed by atoms with Crippen LogP contribution in [0.15, 0.2) is 97.2 Å². The van der Waals surface area contributed by atoms with Gasteiger partial charge in [-0.3, -0.25) is 0 Å². The molecule has 1 heterocycles. The Labute approximate surface area is 207 Å². The lowest BCUT2D eigenvalue weighted by Crippen LogP contribution is -2.11. The predicted molar refractivity (Wildman–Crippen MR) is 146 cm³/mol. The molecule has 35 heavy (non-hydrogen) atoms. The number of fused-ring (bicyclic) bond motifs is 1. The van der Waals surface area contributed by atoms with Crippen LogP contribution in [0.5, 0.6) is 5.75 Å². The molecular formula is C32H32N2O. The fourth-order valence-corrected chi connectivity index (χ4v) is 4.97. The second-order valence-electron chi connectivity index (χ2n) is 9.64. The number of aromatic nitrogens is 1. The minimum atomic E-state index is 0.361. The van der Waals surface area contributed by atoms with Crippen LogP contribution in [0, 0.1) is 6.92 Å². The van der Waals surface area contributed by atoms with Gasteiger partial charge in [0.05, 0.1) is 0 Å². The molecule has 0 amide bonds. The van der Waals surface area contributed by atoms with Crippen LogP contribution in [-0.4, -0.2) is 28.7 Å². The summed E-state index contributed by atoms with van der Waals surface area (Å²) in [6, 6.07) is 31.8. The quantitative estimate of drug-likeness (QED) is 0.283. The Morgan fingerprint density at radius 2 is 1.49 bits per heavy atom. The number of hydrogen-bond acceptors (Lipinski definition) is 2. The summed E-state index contributed by atoms with van der Waals surface area (Å²) in [6.45, 7) is 3.71. The third kappa shape index (κ3) is 4.87. The van der Waals surface area contributed by atoms with Gasteiger partial charge in [0.25, 0.3) is 0 Å². The molecule has 0 aliphatic carbocycles.